The van der Waals surface area contributed by atoms with Crippen LogP contribution >= 0.6 is 0 Å². The van der Waals surface area contributed by atoms with Crippen LogP contribution < -0.4 is 10.6 Å². The van der Waals surface area contributed by atoms with Gasteiger partial charge < -0.3 is 19.5 Å². The third-order valence-electron chi connectivity index (χ3n) is 2.76. The van der Waals surface area contributed by atoms with Crippen molar-refractivity contribution in [1.82, 2.24) is 10.6 Å². The fourth-order valence-electron chi connectivity index (χ4n) is 1.96. The van der Waals surface area contributed by atoms with Gasteiger partial charge in [0.2, 0.25) is 0 Å². The molecule has 0 bridgehead atoms. The van der Waals surface area contributed by atoms with Crippen LogP contribution in [-0.4, -0.2) is 14.1 Å². The highest BCUT2D eigenvalue weighted by Gasteiger charge is 2.23. The summed E-state index contributed by atoms with van der Waals surface area (Å²) in [7, 11) is 3.87. The van der Waals surface area contributed by atoms with Crippen LogP contribution in [0.25, 0.3) is 0 Å². The lowest BCUT2D eigenvalue weighted by Crippen LogP contribution is -2.31. The Morgan fingerprint density at radius 3 is 1.56 bits per heavy atom. The van der Waals surface area contributed by atoms with Gasteiger partial charge in [0.1, 0.15) is 0 Å². The van der Waals surface area contributed by atoms with Gasteiger partial charge in [0.05, 0.1) is 37.1 Å². The van der Waals surface area contributed by atoms with Crippen LogP contribution in [-0.2, 0) is 0 Å². The largest absolute Gasteiger partial charge is 0.472 e. The maximum atomic E-state index is 5.12. The van der Waals surface area contributed by atoms with E-state index >= 15 is 0 Å². The molecule has 0 aliphatic rings. The van der Waals surface area contributed by atoms with E-state index in [1.54, 1.807) is 25.1 Å². The highest BCUT2D eigenvalue weighted by atomic mass is 16.3. The molecule has 2 rings (SSSR count). The van der Waals surface area contributed by atoms with Gasteiger partial charge in [0, 0.05) is 11.1 Å². The van der Waals surface area contributed by atoms with E-state index in [2.05, 4.69) is 10.6 Å². The Labute approximate surface area is 94.6 Å². The number of nitrogens with one attached hydrogen (secondary N) is 2. The maximum absolute atomic E-state index is 5.12. The van der Waals surface area contributed by atoms with Crippen molar-refractivity contribution in [3.63, 3.8) is 0 Å². The van der Waals surface area contributed by atoms with Crippen molar-refractivity contribution in [1.29, 1.82) is 0 Å². The number of likely N-dealkylation sites (N-methyl/N-ethyl adjacent to an activating group) is 2. The first-order valence-electron chi connectivity index (χ1n) is 5.25. The monoisotopic (exact) mass is 220 g/mol. The number of hydrogen-bond donors (Lipinski definition) is 2. The van der Waals surface area contributed by atoms with Crippen LogP contribution in [0.2, 0.25) is 0 Å². The first kappa shape index (κ1) is 11.0. The molecule has 86 valence electrons. The fourth-order valence-corrected chi connectivity index (χ4v) is 1.96. The Hall–Kier alpha value is -1.52. The Bertz CT molecular complexity index is 354. The third-order valence-corrected chi connectivity index (χ3v) is 2.76. The van der Waals surface area contributed by atoms with Crippen molar-refractivity contribution in [2.75, 3.05) is 14.1 Å². The summed E-state index contributed by atoms with van der Waals surface area (Å²) in [4.78, 5) is 0. The van der Waals surface area contributed by atoms with Crippen LogP contribution in [0, 0.1) is 0 Å². The molecular formula is C12H16N2O2. The summed E-state index contributed by atoms with van der Waals surface area (Å²) in [5.41, 5.74) is 2.23. The Morgan fingerprint density at radius 1 is 0.875 bits per heavy atom. The standard InChI is InChI=1S/C12H16N2O2/c1-13-11(9-3-5-15-7-9)12(14-2)10-4-6-16-8-10/h3-8,11-14H,1-2H3/t11-,12-/m1/s1. The minimum Gasteiger partial charge on any atom is -0.472 e. The van der Waals surface area contributed by atoms with Crippen molar-refractivity contribution in [2.24, 2.45) is 0 Å². The molecule has 2 heterocycles. The van der Waals surface area contributed by atoms with Crippen LogP contribution in [0.3, 0.4) is 0 Å². The van der Waals surface area contributed by atoms with E-state index in [0.717, 1.165) is 11.1 Å². The molecular weight excluding hydrogens is 204 g/mol. The second kappa shape index (κ2) is 5.01. The van der Waals surface area contributed by atoms with Gasteiger partial charge in [-0.15, -0.1) is 0 Å². The molecule has 2 N–H and O–H groups in total. The highest BCUT2D eigenvalue weighted by Crippen LogP contribution is 2.28. The minimum atomic E-state index is 0.154. The summed E-state index contributed by atoms with van der Waals surface area (Å²) in [5, 5.41) is 6.56. The Kier molecular flexibility index (Phi) is 3.44. The SMILES string of the molecule is CN[C@H](c1ccoc1)[C@H](NC)c1ccoc1. The van der Waals surface area contributed by atoms with E-state index in [0.29, 0.717) is 0 Å². The molecule has 0 aromatic carbocycles. The number of furan rings is 2. The zero-order valence-electron chi connectivity index (χ0n) is 9.44. The second-order valence-corrected chi connectivity index (χ2v) is 3.65. The van der Waals surface area contributed by atoms with Crippen molar-refractivity contribution < 1.29 is 8.83 Å². The van der Waals surface area contributed by atoms with Crippen LogP contribution in [0.5, 0.6) is 0 Å². The normalized spacial score (nSPS) is 14.9. The Morgan fingerprint density at radius 2 is 1.31 bits per heavy atom. The summed E-state index contributed by atoms with van der Waals surface area (Å²) in [6, 6.07) is 4.24. The molecule has 2 aromatic rings. The summed E-state index contributed by atoms with van der Waals surface area (Å²) >= 11 is 0. The quantitative estimate of drug-likeness (QED) is 0.810. The molecule has 0 amide bonds. The maximum Gasteiger partial charge on any atom is 0.0951 e. The van der Waals surface area contributed by atoms with Crippen LogP contribution in [0.1, 0.15) is 23.2 Å². The van der Waals surface area contributed by atoms with Gasteiger partial charge in [-0.1, -0.05) is 0 Å². The van der Waals surface area contributed by atoms with Gasteiger partial charge >= 0.3 is 0 Å². The molecule has 0 saturated carbocycles. The molecule has 4 heteroatoms. The predicted octanol–water partition coefficient (Wildman–Crippen LogP) is 2.09. The predicted molar refractivity (Wildman–Crippen MR) is 61.0 cm³/mol. The lowest BCUT2D eigenvalue weighted by atomic mass is 9.97. The van der Waals surface area contributed by atoms with Crippen molar-refractivity contribution >= 4 is 0 Å². The van der Waals surface area contributed by atoms with E-state index in [4.69, 9.17) is 8.83 Å². The molecule has 0 spiro atoms. The third kappa shape index (κ3) is 2.03. The number of rotatable bonds is 5. The van der Waals surface area contributed by atoms with Gasteiger partial charge in [-0.2, -0.15) is 0 Å². The van der Waals surface area contributed by atoms with Gasteiger partial charge in [0.15, 0.2) is 0 Å². The van der Waals surface area contributed by atoms with E-state index < -0.39 is 0 Å². The lowest BCUT2D eigenvalue weighted by molar-refractivity contribution is 0.423. The molecule has 4 nitrogen and oxygen atoms in total. The van der Waals surface area contributed by atoms with Gasteiger partial charge in [0.25, 0.3) is 0 Å². The molecule has 0 aliphatic carbocycles. The summed E-state index contributed by atoms with van der Waals surface area (Å²) < 4.78 is 10.2. The lowest BCUT2D eigenvalue weighted by Gasteiger charge is -2.24. The molecule has 2 aromatic heterocycles. The summed E-state index contributed by atoms with van der Waals surface area (Å²) in [6.07, 6.45) is 6.88. The zero-order valence-corrected chi connectivity index (χ0v) is 9.44. The van der Waals surface area contributed by atoms with E-state index in [-0.39, 0.29) is 12.1 Å². The van der Waals surface area contributed by atoms with Gasteiger partial charge in [-0.25, -0.2) is 0 Å². The Balaban J connectivity index is 2.25. The first-order chi connectivity index (χ1) is 7.86. The van der Waals surface area contributed by atoms with Crippen LogP contribution in [0.4, 0.5) is 0 Å². The average molecular weight is 220 g/mol. The zero-order chi connectivity index (χ0) is 11.4. The highest BCUT2D eigenvalue weighted by molar-refractivity contribution is 5.22. The number of hydrogen-bond acceptors (Lipinski definition) is 4. The summed E-state index contributed by atoms with van der Waals surface area (Å²) in [5.74, 6) is 0. The van der Waals surface area contributed by atoms with Crippen molar-refractivity contribution in [2.45, 2.75) is 12.1 Å². The van der Waals surface area contributed by atoms with Crippen molar-refractivity contribution in [3.8, 4) is 0 Å². The molecule has 0 radical (unpaired) electrons. The average Bonchev–Trinajstić information content (AvgIpc) is 2.97. The van der Waals surface area contributed by atoms with E-state index in [1.807, 2.05) is 26.2 Å². The summed E-state index contributed by atoms with van der Waals surface area (Å²) in [6.45, 7) is 0. The molecule has 0 fully saturated rings. The fraction of sp³-hybridized carbons (Fsp3) is 0.333. The molecule has 0 saturated heterocycles. The smallest absolute Gasteiger partial charge is 0.0951 e. The molecule has 0 aliphatic heterocycles. The molecule has 2 atom stereocenters. The van der Waals surface area contributed by atoms with Gasteiger partial charge in [-0.05, 0) is 26.2 Å². The van der Waals surface area contributed by atoms with E-state index in [9.17, 15) is 0 Å². The second-order valence-electron chi connectivity index (χ2n) is 3.65. The molecule has 16 heavy (non-hydrogen) atoms. The topological polar surface area (TPSA) is 50.3 Å². The first-order valence-corrected chi connectivity index (χ1v) is 5.25. The minimum absolute atomic E-state index is 0.154. The molecule has 0 unspecified atom stereocenters. The van der Waals surface area contributed by atoms with Gasteiger partial charge in [-0.3, -0.25) is 0 Å². The van der Waals surface area contributed by atoms with E-state index in [1.165, 1.54) is 0 Å². The van der Waals surface area contributed by atoms with Crippen molar-refractivity contribution in [3.05, 3.63) is 48.3 Å². The van der Waals surface area contributed by atoms with Crippen LogP contribution in [0.15, 0.2) is 46.0 Å².